The molecule has 0 aromatic heterocycles. The van der Waals surface area contributed by atoms with Crippen molar-refractivity contribution in [3.8, 4) is 0 Å². The minimum atomic E-state index is 0.928. The minimum absolute atomic E-state index is 0.928. The second-order valence-corrected chi connectivity index (χ2v) is 3.82. The third kappa shape index (κ3) is 1.61. The molecule has 0 radical (unpaired) electrons. The van der Waals surface area contributed by atoms with Crippen LogP contribution in [0.1, 0.15) is 11.1 Å². The molecule has 2 aromatic rings. The normalized spacial score (nSPS) is 10.6. The molecule has 2 rings (SSSR count). The molecule has 0 amide bonds. The van der Waals surface area contributed by atoms with Crippen LogP contribution in [0, 0.1) is 6.92 Å². The summed E-state index contributed by atoms with van der Waals surface area (Å²) in [6.45, 7) is 2.15. The summed E-state index contributed by atoms with van der Waals surface area (Å²) in [7, 11) is 0. The summed E-state index contributed by atoms with van der Waals surface area (Å²) in [6, 6.07) is 13.0. The number of aryl methyl sites for hydroxylation is 1. The summed E-state index contributed by atoms with van der Waals surface area (Å²) in [5.41, 5.74) is 2.68. The standard InChI is InChI=1S/C12H11Br/c1-9-3-2-4-11-6-5-10(8-13)7-12(9)11/h2-7H,8H2,1H3. The second kappa shape index (κ2) is 3.51. The smallest absolute Gasteiger partial charge is 0.0283 e. The molecule has 66 valence electrons. The maximum absolute atomic E-state index is 3.47. The molecule has 0 saturated carbocycles. The number of halogens is 1. The molecule has 0 fully saturated rings. The van der Waals surface area contributed by atoms with Crippen LogP contribution in [0.15, 0.2) is 36.4 Å². The zero-order valence-electron chi connectivity index (χ0n) is 7.55. The van der Waals surface area contributed by atoms with Gasteiger partial charge in [-0.1, -0.05) is 52.3 Å². The van der Waals surface area contributed by atoms with Crippen molar-refractivity contribution in [1.82, 2.24) is 0 Å². The van der Waals surface area contributed by atoms with Gasteiger partial charge in [-0.3, -0.25) is 0 Å². The van der Waals surface area contributed by atoms with Gasteiger partial charge in [0.05, 0.1) is 0 Å². The van der Waals surface area contributed by atoms with E-state index >= 15 is 0 Å². The Kier molecular flexibility index (Phi) is 2.36. The Morgan fingerprint density at radius 1 is 1.15 bits per heavy atom. The summed E-state index contributed by atoms with van der Waals surface area (Å²) in [6.07, 6.45) is 0. The zero-order chi connectivity index (χ0) is 9.26. The van der Waals surface area contributed by atoms with Gasteiger partial charge in [0.25, 0.3) is 0 Å². The van der Waals surface area contributed by atoms with Gasteiger partial charge in [0.2, 0.25) is 0 Å². The number of alkyl halides is 1. The molecule has 0 unspecified atom stereocenters. The van der Waals surface area contributed by atoms with Crippen molar-refractivity contribution >= 4 is 26.7 Å². The lowest BCUT2D eigenvalue weighted by atomic mass is 10.0. The topological polar surface area (TPSA) is 0 Å². The Morgan fingerprint density at radius 2 is 2.00 bits per heavy atom. The van der Waals surface area contributed by atoms with E-state index in [2.05, 4.69) is 59.3 Å². The van der Waals surface area contributed by atoms with Gasteiger partial charge in [-0.05, 0) is 28.8 Å². The van der Waals surface area contributed by atoms with Gasteiger partial charge in [0.15, 0.2) is 0 Å². The van der Waals surface area contributed by atoms with Gasteiger partial charge in [0, 0.05) is 5.33 Å². The molecule has 0 N–H and O–H groups in total. The van der Waals surface area contributed by atoms with E-state index in [0.29, 0.717) is 0 Å². The SMILES string of the molecule is Cc1cccc2ccc(CBr)cc12. The van der Waals surface area contributed by atoms with Crippen molar-refractivity contribution in [3.63, 3.8) is 0 Å². The molecule has 0 heterocycles. The molecule has 2 aromatic carbocycles. The van der Waals surface area contributed by atoms with Crippen LogP contribution in [0.4, 0.5) is 0 Å². The minimum Gasteiger partial charge on any atom is -0.0876 e. The highest BCUT2D eigenvalue weighted by atomic mass is 79.9. The predicted octanol–water partition coefficient (Wildman–Crippen LogP) is 4.04. The summed E-state index contributed by atoms with van der Waals surface area (Å²) >= 11 is 3.47. The largest absolute Gasteiger partial charge is 0.0876 e. The number of fused-ring (bicyclic) bond motifs is 1. The quantitative estimate of drug-likeness (QED) is 0.654. The Balaban J connectivity index is 2.74. The van der Waals surface area contributed by atoms with E-state index < -0.39 is 0 Å². The van der Waals surface area contributed by atoms with Crippen molar-refractivity contribution in [2.45, 2.75) is 12.3 Å². The summed E-state index contributed by atoms with van der Waals surface area (Å²) in [5, 5.41) is 3.61. The van der Waals surface area contributed by atoms with Crippen LogP contribution in [0.2, 0.25) is 0 Å². The monoisotopic (exact) mass is 234 g/mol. The Morgan fingerprint density at radius 3 is 2.77 bits per heavy atom. The molecule has 0 atom stereocenters. The van der Waals surface area contributed by atoms with Crippen LogP contribution in [-0.4, -0.2) is 0 Å². The van der Waals surface area contributed by atoms with Gasteiger partial charge in [-0.15, -0.1) is 0 Å². The maximum Gasteiger partial charge on any atom is 0.0283 e. The number of hydrogen-bond donors (Lipinski definition) is 0. The van der Waals surface area contributed by atoms with E-state index in [1.807, 2.05) is 0 Å². The first-order chi connectivity index (χ1) is 6.31. The van der Waals surface area contributed by atoms with E-state index in [1.165, 1.54) is 21.9 Å². The van der Waals surface area contributed by atoms with Gasteiger partial charge in [-0.2, -0.15) is 0 Å². The van der Waals surface area contributed by atoms with Crippen LogP contribution in [0.25, 0.3) is 10.8 Å². The fraction of sp³-hybridized carbons (Fsp3) is 0.167. The highest BCUT2D eigenvalue weighted by molar-refractivity contribution is 9.08. The van der Waals surface area contributed by atoms with Crippen LogP contribution >= 0.6 is 15.9 Å². The van der Waals surface area contributed by atoms with Crippen molar-refractivity contribution in [1.29, 1.82) is 0 Å². The molecule has 1 heteroatoms. The van der Waals surface area contributed by atoms with Crippen LogP contribution in [0.5, 0.6) is 0 Å². The molecule has 13 heavy (non-hydrogen) atoms. The van der Waals surface area contributed by atoms with Crippen LogP contribution in [-0.2, 0) is 5.33 Å². The highest BCUT2D eigenvalue weighted by Gasteiger charge is 1.97. The van der Waals surface area contributed by atoms with E-state index in [-0.39, 0.29) is 0 Å². The lowest BCUT2D eigenvalue weighted by Crippen LogP contribution is -1.81. The third-order valence-electron chi connectivity index (χ3n) is 2.32. The van der Waals surface area contributed by atoms with Gasteiger partial charge in [-0.25, -0.2) is 0 Å². The van der Waals surface area contributed by atoms with E-state index in [1.54, 1.807) is 0 Å². The second-order valence-electron chi connectivity index (χ2n) is 3.26. The zero-order valence-corrected chi connectivity index (χ0v) is 9.14. The predicted molar refractivity (Wildman–Crippen MR) is 61.3 cm³/mol. The fourth-order valence-electron chi connectivity index (χ4n) is 1.56. The molecule has 0 aliphatic carbocycles. The van der Waals surface area contributed by atoms with Crippen molar-refractivity contribution < 1.29 is 0 Å². The molecular formula is C12H11Br. The molecule has 0 aliphatic heterocycles. The molecule has 0 bridgehead atoms. The summed E-state index contributed by atoms with van der Waals surface area (Å²) in [5.74, 6) is 0. The Labute approximate surface area is 86.7 Å². The van der Waals surface area contributed by atoms with Crippen molar-refractivity contribution in [3.05, 3.63) is 47.5 Å². The van der Waals surface area contributed by atoms with Crippen LogP contribution in [0.3, 0.4) is 0 Å². The number of rotatable bonds is 1. The van der Waals surface area contributed by atoms with E-state index in [0.717, 1.165) is 5.33 Å². The molecule has 0 nitrogen and oxygen atoms in total. The molecule has 0 saturated heterocycles. The first kappa shape index (κ1) is 8.76. The number of benzene rings is 2. The van der Waals surface area contributed by atoms with E-state index in [4.69, 9.17) is 0 Å². The maximum atomic E-state index is 3.47. The summed E-state index contributed by atoms with van der Waals surface area (Å²) in [4.78, 5) is 0. The van der Waals surface area contributed by atoms with Crippen molar-refractivity contribution in [2.24, 2.45) is 0 Å². The Bertz CT molecular complexity index is 432. The van der Waals surface area contributed by atoms with Gasteiger partial charge < -0.3 is 0 Å². The van der Waals surface area contributed by atoms with Crippen LogP contribution < -0.4 is 0 Å². The average Bonchev–Trinajstić information content (AvgIpc) is 2.18. The lowest BCUT2D eigenvalue weighted by Gasteiger charge is -2.03. The first-order valence-electron chi connectivity index (χ1n) is 4.35. The molecular weight excluding hydrogens is 224 g/mol. The van der Waals surface area contributed by atoms with E-state index in [9.17, 15) is 0 Å². The Hall–Kier alpha value is -0.820. The fourth-order valence-corrected chi connectivity index (χ4v) is 1.91. The average molecular weight is 235 g/mol. The first-order valence-corrected chi connectivity index (χ1v) is 5.47. The van der Waals surface area contributed by atoms with Crippen molar-refractivity contribution in [2.75, 3.05) is 0 Å². The molecule has 0 spiro atoms. The number of hydrogen-bond acceptors (Lipinski definition) is 0. The third-order valence-corrected chi connectivity index (χ3v) is 2.97. The van der Waals surface area contributed by atoms with Gasteiger partial charge >= 0.3 is 0 Å². The lowest BCUT2D eigenvalue weighted by molar-refractivity contribution is 1.44. The molecule has 0 aliphatic rings. The summed E-state index contributed by atoms with van der Waals surface area (Å²) < 4.78 is 0. The highest BCUT2D eigenvalue weighted by Crippen LogP contribution is 2.20. The van der Waals surface area contributed by atoms with Gasteiger partial charge in [0.1, 0.15) is 0 Å².